The lowest BCUT2D eigenvalue weighted by Gasteiger charge is -2.19. The molecule has 0 radical (unpaired) electrons. The summed E-state index contributed by atoms with van der Waals surface area (Å²) in [6, 6.07) is 0. The Hall–Kier alpha value is -0.370. The van der Waals surface area contributed by atoms with Crippen molar-refractivity contribution >= 4 is 5.78 Å². The zero-order valence-electron chi connectivity index (χ0n) is 14.1. The van der Waals surface area contributed by atoms with E-state index in [0.29, 0.717) is 43.2 Å². The zero-order valence-corrected chi connectivity index (χ0v) is 14.1. The molecule has 0 heterocycles. The highest BCUT2D eigenvalue weighted by Crippen LogP contribution is 2.22. The molecule has 0 amide bonds. The molecule has 2 heteroatoms. The van der Waals surface area contributed by atoms with Crippen LogP contribution in [0.25, 0.3) is 0 Å². The van der Waals surface area contributed by atoms with Crippen LogP contribution in [0.3, 0.4) is 0 Å². The van der Waals surface area contributed by atoms with Crippen molar-refractivity contribution in [1.29, 1.82) is 0 Å². The first kappa shape index (κ1) is 18.6. The van der Waals surface area contributed by atoms with Gasteiger partial charge in [-0.1, -0.05) is 41.5 Å². The van der Waals surface area contributed by atoms with E-state index in [2.05, 4.69) is 48.5 Å². The topological polar surface area (TPSA) is 26.3 Å². The summed E-state index contributed by atoms with van der Waals surface area (Å²) in [7, 11) is 0. The maximum Gasteiger partial charge on any atom is 0.133 e. The third-order valence-corrected chi connectivity index (χ3v) is 3.20. The molecule has 0 spiro atoms. The summed E-state index contributed by atoms with van der Waals surface area (Å²) >= 11 is 0. The lowest BCUT2D eigenvalue weighted by molar-refractivity contribution is -0.121. The van der Waals surface area contributed by atoms with Gasteiger partial charge in [0.15, 0.2) is 0 Å². The van der Waals surface area contributed by atoms with Crippen LogP contribution in [0.2, 0.25) is 0 Å². The second-order valence-corrected chi connectivity index (χ2v) is 7.68. The summed E-state index contributed by atoms with van der Waals surface area (Å²) in [5.41, 5.74) is 0.251. The van der Waals surface area contributed by atoms with Gasteiger partial charge in [0.05, 0.1) is 6.10 Å². The van der Waals surface area contributed by atoms with Crippen LogP contribution in [0.1, 0.15) is 74.1 Å². The molecule has 0 rings (SSSR count). The van der Waals surface area contributed by atoms with Crippen molar-refractivity contribution in [3.63, 3.8) is 0 Å². The van der Waals surface area contributed by atoms with Crippen LogP contribution in [-0.2, 0) is 9.53 Å². The van der Waals surface area contributed by atoms with Gasteiger partial charge in [-0.3, -0.25) is 4.79 Å². The van der Waals surface area contributed by atoms with Crippen molar-refractivity contribution in [3.05, 3.63) is 0 Å². The zero-order chi connectivity index (χ0) is 15.1. The van der Waals surface area contributed by atoms with Gasteiger partial charge < -0.3 is 4.74 Å². The van der Waals surface area contributed by atoms with E-state index < -0.39 is 0 Å². The molecule has 0 aliphatic heterocycles. The maximum atomic E-state index is 11.9. The number of carbonyl (C=O) groups is 1. The number of hydrogen-bond donors (Lipinski definition) is 0. The molecular weight excluding hydrogens is 236 g/mol. The van der Waals surface area contributed by atoms with Gasteiger partial charge in [-0.2, -0.15) is 0 Å². The first-order valence-electron chi connectivity index (χ1n) is 7.73. The summed E-state index contributed by atoms with van der Waals surface area (Å²) < 4.78 is 5.81. The van der Waals surface area contributed by atoms with Crippen molar-refractivity contribution in [3.8, 4) is 0 Å². The van der Waals surface area contributed by atoms with Gasteiger partial charge >= 0.3 is 0 Å². The van der Waals surface area contributed by atoms with E-state index in [9.17, 15) is 4.79 Å². The van der Waals surface area contributed by atoms with Crippen molar-refractivity contribution in [1.82, 2.24) is 0 Å². The Balaban J connectivity index is 3.79. The van der Waals surface area contributed by atoms with Gasteiger partial charge in [-0.25, -0.2) is 0 Å². The minimum atomic E-state index is 0.251. The molecule has 0 saturated heterocycles. The molecule has 0 aliphatic carbocycles. The monoisotopic (exact) mass is 270 g/mol. The molecule has 0 aromatic heterocycles. The highest BCUT2D eigenvalue weighted by molar-refractivity contribution is 5.78. The van der Waals surface area contributed by atoms with E-state index in [1.165, 1.54) is 0 Å². The predicted octanol–water partition coefficient (Wildman–Crippen LogP) is 4.86. The molecule has 0 saturated carbocycles. The lowest BCUT2D eigenvalue weighted by atomic mass is 9.88. The fourth-order valence-electron chi connectivity index (χ4n) is 2.12. The number of ketones is 1. The second kappa shape index (κ2) is 8.73. The molecule has 0 aromatic rings. The molecule has 19 heavy (non-hydrogen) atoms. The standard InChI is InChI=1S/C17H34O2/c1-13(2)10-15(4)19-12-14(3)11-16(18)8-9-17(5,6)7/h13-15H,8-12H2,1-7H3. The Kier molecular flexibility index (Phi) is 8.56. The number of ether oxygens (including phenoxy) is 1. The molecule has 0 N–H and O–H groups in total. The van der Waals surface area contributed by atoms with E-state index >= 15 is 0 Å². The highest BCUT2D eigenvalue weighted by atomic mass is 16.5. The first-order valence-corrected chi connectivity index (χ1v) is 7.73. The second-order valence-electron chi connectivity index (χ2n) is 7.68. The Morgan fingerprint density at radius 1 is 1.11 bits per heavy atom. The van der Waals surface area contributed by atoms with Crippen LogP contribution < -0.4 is 0 Å². The fourth-order valence-corrected chi connectivity index (χ4v) is 2.12. The molecule has 0 fully saturated rings. The van der Waals surface area contributed by atoms with Gasteiger partial charge in [0.2, 0.25) is 0 Å². The van der Waals surface area contributed by atoms with Gasteiger partial charge in [0.25, 0.3) is 0 Å². The summed E-state index contributed by atoms with van der Waals surface area (Å²) in [6.07, 6.45) is 3.72. The molecule has 2 atom stereocenters. The number of hydrogen-bond acceptors (Lipinski definition) is 2. The Labute approximate surface area is 120 Å². The number of rotatable bonds is 9. The predicted molar refractivity (Wildman–Crippen MR) is 82.3 cm³/mol. The average Bonchev–Trinajstić information content (AvgIpc) is 2.22. The van der Waals surface area contributed by atoms with Gasteiger partial charge in [0, 0.05) is 19.4 Å². The van der Waals surface area contributed by atoms with Crippen LogP contribution >= 0.6 is 0 Å². The van der Waals surface area contributed by atoms with Crippen molar-refractivity contribution in [2.75, 3.05) is 6.61 Å². The first-order chi connectivity index (χ1) is 8.60. The van der Waals surface area contributed by atoms with Crippen LogP contribution in [-0.4, -0.2) is 18.5 Å². The van der Waals surface area contributed by atoms with Crippen LogP contribution in [0.5, 0.6) is 0 Å². The van der Waals surface area contributed by atoms with E-state index in [4.69, 9.17) is 4.74 Å². The summed E-state index contributed by atoms with van der Waals surface area (Å²) in [5.74, 6) is 1.38. The van der Waals surface area contributed by atoms with E-state index in [1.807, 2.05) is 0 Å². The van der Waals surface area contributed by atoms with Crippen LogP contribution in [0.4, 0.5) is 0 Å². The average molecular weight is 270 g/mol. The molecule has 2 nitrogen and oxygen atoms in total. The van der Waals surface area contributed by atoms with E-state index in [1.54, 1.807) is 0 Å². The van der Waals surface area contributed by atoms with Gasteiger partial charge in [-0.15, -0.1) is 0 Å². The normalized spacial score (nSPS) is 15.6. The highest BCUT2D eigenvalue weighted by Gasteiger charge is 2.16. The minimum Gasteiger partial charge on any atom is -0.378 e. The van der Waals surface area contributed by atoms with Crippen LogP contribution in [0.15, 0.2) is 0 Å². The van der Waals surface area contributed by atoms with Crippen molar-refractivity contribution < 1.29 is 9.53 Å². The molecule has 0 aliphatic rings. The fraction of sp³-hybridized carbons (Fsp3) is 0.941. The molecular formula is C17H34O2. The van der Waals surface area contributed by atoms with Gasteiger partial charge in [-0.05, 0) is 37.0 Å². The third-order valence-electron chi connectivity index (χ3n) is 3.20. The summed E-state index contributed by atoms with van der Waals surface area (Å²) in [4.78, 5) is 11.9. The smallest absolute Gasteiger partial charge is 0.133 e. The minimum absolute atomic E-state index is 0.251. The van der Waals surface area contributed by atoms with Crippen molar-refractivity contribution in [2.24, 2.45) is 17.3 Å². The summed E-state index contributed by atoms with van der Waals surface area (Å²) in [5, 5.41) is 0. The SMILES string of the molecule is CC(C)CC(C)OCC(C)CC(=O)CCC(C)(C)C. The van der Waals surface area contributed by atoms with Crippen molar-refractivity contribution in [2.45, 2.75) is 80.3 Å². The maximum absolute atomic E-state index is 11.9. The third kappa shape index (κ3) is 12.4. The van der Waals surface area contributed by atoms with E-state index in [-0.39, 0.29) is 5.41 Å². The van der Waals surface area contributed by atoms with Crippen LogP contribution in [0, 0.1) is 17.3 Å². The Morgan fingerprint density at radius 3 is 2.16 bits per heavy atom. The molecule has 0 bridgehead atoms. The largest absolute Gasteiger partial charge is 0.378 e. The summed E-state index contributed by atoms with van der Waals surface area (Å²) in [6.45, 7) is 15.9. The molecule has 114 valence electrons. The molecule has 0 aromatic carbocycles. The van der Waals surface area contributed by atoms with Gasteiger partial charge in [0.1, 0.15) is 5.78 Å². The lowest BCUT2D eigenvalue weighted by Crippen LogP contribution is -2.18. The molecule has 2 unspecified atom stereocenters. The quantitative estimate of drug-likeness (QED) is 0.598. The Morgan fingerprint density at radius 2 is 1.68 bits per heavy atom. The van der Waals surface area contributed by atoms with E-state index in [0.717, 1.165) is 12.8 Å². The number of Topliss-reactive ketones (excluding diaryl/α,β-unsaturated/α-hetero) is 1. The number of carbonyl (C=O) groups excluding carboxylic acids is 1. The Bertz CT molecular complexity index is 250.